The molecule has 0 bridgehead atoms. The number of aromatic amines is 1. The molecule has 3 rings (SSSR count). The summed E-state index contributed by atoms with van der Waals surface area (Å²) in [6.07, 6.45) is 3.51. The molecule has 1 aromatic heterocycles. The van der Waals surface area contributed by atoms with Crippen LogP contribution in [0.1, 0.15) is 36.0 Å². The Labute approximate surface area is 161 Å². The van der Waals surface area contributed by atoms with Crippen molar-refractivity contribution in [3.63, 3.8) is 0 Å². The van der Waals surface area contributed by atoms with Crippen molar-refractivity contribution in [2.75, 3.05) is 27.2 Å². The predicted octanol–water partition coefficient (Wildman–Crippen LogP) is 3.93. The summed E-state index contributed by atoms with van der Waals surface area (Å²) in [7, 11) is 4.02. The number of nitrogens with one attached hydrogen (secondary N) is 2. The smallest absolute Gasteiger partial charge is 0.220 e. The number of amides is 1. The summed E-state index contributed by atoms with van der Waals surface area (Å²) in [6.45, 7) is 3.68. The lowest BCUT2D eigenvalue weighted by Crippen LogP contribution is -2.32. The molecular formula is C23H29N3O. The Bertz CT molecular complexity index is 883. The minimum atomic E-state index is 0.0337. The predicted molar refractivity (Wildman–Crippen MR) is 112 cm³/mol. The lowest BCUT2D eigenvalue weighted by molar-refractivity contribution is -0.121. The Hall–Kier alpha value is -2.59. The molecule has 1 heterocycles. The van der Waals surface area contributed by atoms with Crippen molar-refractivity contribution in [2.45, 2.75) is 25.7 Å². The number of carbonyl (C=O) groups is 1. The minimum absolute atomic E-state index is 0.0337. The second kappa shape index (κ2) is 8.87. The monoisotopic (exact) mass is 363 g/mol. The number of rotatable bonds is 8. The van der Waals surface area contributed by atoms with Crippen molar-refractivity contribution in [3.05, 3.63) is 71.4 Å². The number of benzene rings is 2. The van der Waals surface area contributed by atoms with Gasteiger partial charge in [0.25, 0.3) is 0 Å². The van der Waals surface area contributed by atoms with E-state index in [1.165, 1.54) is 27.6 Å². The van der Waals surface area contributed by atoms with Gasteiger partial charge in [-0.1, -0.05) is 55.5 Å². The molecule has 0 aliphatic carbocycles. The van der Waals surface area contributed by atoms with Gasteiger partial charge in [-0.05, 0) is 37.2 Å². The maximum Gasteiger partial charge on any atom is 0.220 e. The molecule has 1 atom stereocenters. The summed E-state index contributed by atoms with van der Waals surface area (Å²) in [6, 6.07) is 16.7. The number of aromatic nitrogens is 1. The Kier molecular flexibility index (Phi) is 6.30. The van der Waals surface area contributed by atoms with Gasteiger partial charge in [0, 0.05) is 42.5 Å². The fourth-order valence-corrected chi connectivity index (χ4v) is 3.59. The summed E-state index contributed by atoms with van der Waals surface area (Å²) in [5, 5.41) is 4.27. The molecule has 4 heteroatoms. The Balaban J connectivity index is 1.91. The van der Waals surface area contributed by atoms with E-state index in [2.05, 4.69) is 58.7 Å². The van der Waals surface area contributed by atoms with Crippen LogP contribution in [-0.4, -0.2) is 43.0 Å². The molecule has 27 heavy (non-hydrogen) atoms. The van der Waals surface area contributed by atoms with Crippen LogP contribution < -0.4 is 5.32 Å². The van der Waals surface area contributed by atoms with Gasteiger partial charge in [-0.25, -0.2) is 0 Å². The van der Waals surface area contributed by atoms with Crippen LogP contribution in [0.3, 0.4) is 0 Å². The molecule has 0 saturated carbocycles. The first-order chi connectivity index (χ1) is 13.1. The molecule has 3 aromatic rings. The highest BCUT2D eigenvalue weighted by atomic mass is 16.1. The maximum atomic E-state index is 12.6. The van der Waals surface area contributed by atoms with E-state index in [1.807, 2.05) is 32.3 Å². The van der Waals surface area contributed by atoms with Gasteiger partial charge in [-0.15, -0.1) is 0 Å². The minimum Gasteiger partial charge on any atom is -0.361 e. The molecule has 1 amide bonds. The summed E-state index contributed by atoms with van der Waals surface area (Å²) in [4.78, 5) is 18.1. The number of H-pyrrole nitrogens is 1. The van der Waals surface area contributed by atoms with E-state index in [9.17, 15) is 4.79 Å². The van der Waals surface area contributed by atoms with Crippen LogP contribution in [0, 0.1) is 0 Å². The highest BCUT2D eigenvalue weighted by molar-refractivity contribution is 5.88. The topological polar surface area (TPSA) is 48.1 Å². The molecule has 0 radical (unpaired) electrons. The number of aryl methyl sites for hydroxylation is 1. The maximum absolute atomic E-state index is 12.6. The fourth-order valence-electron chi connectivity index (χ4n) is 3.59. The van der Waals surface area contributed by atoms with Crippen molar-refractivity contribution in [2.24, 2.45) is 0 Å². The number of fused-ring (bicyclic) bond motifs is 1. The average Bonchev–Trinajstić information content (AvgIpc) is 3.10. The summed E-state index contributed by atoms with van der Waals surface area (Å²) in [5.41, 5.74) is 4.85. The van der Waals surface area contributed by atoms with Gasteiger partial charge in [-0.3, -0.25) is 4.79 Å². The molecular weight excluding hydrogens is 334 g/mol. The van der Waals surface area contributed by atoms with Gasteiger partial charge in [0.05, 0.1) is 0 Å². The standard InChI is InChI=1S/C23H29N3O/c1-4-17-11-8-12-19-21(16-25-23(17)19)20(18-9-6-5-7-10-18)15-22(27)24-13-14-26(2)3/h5-12,16,20,25H,4,13-15H2,1-3H3,(H,24,27). The first-order valence-corrected chi connectivity index (χ1v) is 9.65. The summed E-state index contributed by atoms with van der Waals surface area (Å²) in [5.74, 6) is 0.123. The molecule has 142 valence electrons. The first kappa shape index (κ1) is 19.2. The van der Waals surface area contributed by atoms with Gasteiger partial charge in [-0.2, -0.15) is 0 Å². The molecule has 0 aliphatic heterocycles. The summed E-state index contributed by atoms with van der Waals surface area (Å²) < 4.78 is 0. The Morgan fingerprint density at radius 2 is 1.89 bits per heavy atom. The van der Waals surface area contributed by atoms with Crippen molar-refractivity contribution in [1.29, 1.82) is 0 Å². The number of hydrogen-bond acceptors (Lipinski definition) is 2. The second-order valence-electron chi connectivity index (χ2n) is 7.26. The SMILES string of the molecule is CCc1cccc2c(C(CC(=O)NCCN(C)C)c3ccccc3)c[nH]c12. The van der Waals surface area contributed by atoms with Gasteiger partial charge >= 0.3 is 0 Å². The van der Waals surface area contributed by atoms with E-state index < -0.39 is 0 Å². The van der Waals surface area contributed by atoms with Gasteiger partial charge in [0.2, 0.25) is 5.91 Å². The van der Waals surface area contributed by atoms with Crippen molar-refractivity contribution in [3.8, 4) is 0 Å². The van der Waals surface area contributed by atoms with E-state index in [0.29, 0.717) is 13.0 Å². The van der Waals surface area contributed by atoms with Crippen LogP contribution in [0.25, 0.3) is 10.9 Å². The van der Waals surface area contributed by atoms with Crippen LogP contribution in [0.5, 0.6) is 0 Å². The molecule has 0 aliphatic rings. The van der Waals surface area contributed by atoms with E-state index >= 15 is 0 Å². The second-order valence-corrected chi connectivity index (χ2v) is 7.26. The van der Waals surface area contributed by atoms with Crippen molar-refractivity contribution >= 4 is 16.8 Å². The highest BCUT2D eigenvalue weighted by Gasteiger charge is 2.21. The van der Waals surface area contributed by atoms with Gasteiger partial charge in [0.15, 0.2) is 0 Å². The highest BCUT2D eigenvalue weighted by Crippen LogP contribution is 2.34. The van der Waals surface area contributed by atoms with Gasteiger partial charge in [0.1, 0.15) is 0 Å². The Morgan fingerprint density at radius 1 is 1.11 bits per heavy atom. The molecule has 4 nitrogen and oxygen atoms in total. The number of hydrogen-bond donors (Lipinski definition) is 2. The summed E-state index contributed by atoms with van der Waals surface area (Å²) >= 11 is 0. The third-order valence-electron chi connectivity index (χ3n) is 5.06. The van der Waals surface area contributed by atoms with Crippen LogP contribution in [0.2, 0.25) is 0 Å². The van der Waals surface area contributed by atoms with Crippen molar-refractivity contribution in [1.82, 2.24) is 15.2 Å². The van der Waals surface area contributed by atoms with Crippen LogP contribution >= 0.6 is 0 Å². The zero-order valence-electron chi connectivity index (χ0n) is 16.5. The average molecular weight is 364 g/mol. The number of likely N-dealkylation sites (N-methyl/N-ethyl adjacent to an activating group) is 1. The molecule has 2 aromatic carbocycles. The van der Waals surface area contributed by atoms with E-state index in [1.54, 1.807) is 0 Å². The normalized spacial score (nSPS) is 12.4. The molecule has 0 saturated heterocycles. The molecule has 0 fully saturated rings. The zero-order valence-corrected chi connectivity index (χ0v) is 16.5. The number of nitrogens with zero attached hydrogens (tertiary/aromatic N) is 1. The lowest BCUT2D eigenvalue weighted by atomic mass is 9.87. The molecule has 2 N–H and O–H groups in total. The number of carbonyl (C=O) groups excluding carboxylic acids is 1. The van der Waals surface area contributed by atoms with Crippen LogP contribution in [0.15, 0.2) is 54.7 Å². The van der Waals surface area contributed by atoms with Crippen LogP contribution in [-0.2, 0) is 11.2 Å². The van der Waals surface area contributed by atoms with Crippen LogP contribution in [0.4, 0.5) is 0 Å². The van der Waals surface area contributed by atoms with Crippen molar-refractivity contribution < 1.29 is 4.79 Å². The quantitative estimate of drug-likeness (QED) is 0.637. The third kappa shape index (κ3) is 4.58. The number of para-hydroxylation sites is 1. The van der Waals surface area contributed by atoms with E-state index in [-0.39, 0.29) is 11.8 Å². The first-order valence-electron chi connectivity index (χ1n) is 9.65. The molecule has 1 unspecified atom stereocenters. The largest absolute Gasteiger partial charge is 0.361 e. The van der Waals surface area contributed by atoms with E-state index in [4.69, 9.17) is 0 Å². The fraction of sp³-hybridized carbons (Fsp3) is 0.348. The zero-order chi connectivity index (χ0) is 19.2. The third-order valence-corrected chi connectivity index (χ3v) is 5.06. The Morgan fingerprint density at radius 3 is 2.59 bits per heavy atom. The lowest BCUT2D eigenvalue weighted by Gasteiger charge is -2.18. The molecule has 0 spiro atoms. The van der Waals surface area contributed by atoms with E-state index in [0.717, 1.165) is 13.0 Å². The van der Waals surface area contributed by atoms with Gasteiger partial charge < -0.3 is 15.2 Å².